The molecular weight excluding hydrogens is 184 g/mol. The van der Waals surface area contributed by atoms with Gasteiger partial charge in [0.2, 0.25) is 0 Å². The lowest BCUT2D eigenvalue weighted by Gasteiger charge is -2.31. The predicted molar refractivity (Wildman–Crippen MR) is 65.1 cm³/mol. The van der Waals surface area contributed by atoms with Gasteiger partial charge in [-0.3, -0.25) is 0 Å². The van der Waals surface area contributed by atoms with Crippen molar-refractivity contribution in [3.8, 4) is 0 Å². The summed E-state index contributed by atoms with van der Waals surface area (Å²) in [6, 6.07) is 1.53. The Bertz CT molecular complexity index is 193. The molecule has 1 heterocycles. The first-order valence-electron chi connectivity index (χ1n) is 6.65. The molecule has 0 spiro atoms. The molecular formula is C13H26N2. The van der Waals surface area contributed by atoms with Gasteiger partial charge in [0.1, 0.15) is 0 Å². The summed E-state index contributed by atoms with van der Waals surface area (Å²) in [5.74, 6) is 0. The van der Waals surface area contributed by atoms with Gasteiger partial charge in [0.15, 0.2) is 0 Å². The van der Waals surface area contributed by atoms with Gasteiger partial charge in [0.25, 0.3) is 0 Å². The minimum atomic E-state index is 0.528. The lowest BCUT2D eigenvalue weighted by atomic mass is 9.86. The molecule has 2 aliphatic rings. The third-order valence-electron chi connectivity index (χ3n) is 4.27. The number of hydrogen-bond acceptors (Lipinski definition) is 2. The summed E-state index contributed by atoms with van der Waals surface area (Å²) in [6.45, 7) is 7.26. The zero-order valence-electron chi connectivity index (χ0n) is 10.3. The highest BCUT2D eigenvalue weighted by Gasteiger charge is 2.35. The van der Waals surface area contributed by atoms with Crippen LogP contribution in [0.2, 0.25) is 0 Å². The van der Waals surface area contributed by atoms with Crippen molar-refractivity contribution in [2.75, 3.05) is 13.1 Å². The van der Waals surface area contributed by atoms with Crippen LogP contribution >= 0.6 is 0 Å². The van der Waals surface area contributed by atoms with Crippen LogP contribution < -0.4 is 10.6 Å². The monoisotopic (exact) mass is 210 g/mol. The van der Waals surface area contributed by atoms with E-state index < -0.39 is 0 Å². The Labute approximate surface area is 94.2 Å². The lowest BCUT2D eigenvalue weighted by molar-refractivity contribution is 0.254. The summed E-state index contributed by atoms with van der Waals surface area (Å²) in [5.41, 5.74) is 0.528. The van der Waals surface area contributed by atoms with E-state index in [9.17, 15) is 0 Å². The molecule has 2 N–H and O–H groups in total. The van der Waals surface area contributed by atoms with Crippen LogP contribution in [0.25, 0.3) is 0 Å². The van der Waals surface area contributed by atoms with E-state index in [0.717, 1.165) is 12.1 Å². The van der Waals surface area contributed by atoms with E-state index in [2.05, 4.69) is 24.5 Å². The average Bonchev–Trinajstić information content (AvgIpc) is 2.43. The summed E-state index contributed by atoms with van der Waals surface area (Å²) in [5, 5.41) is 7.39. The Hall–Kier alpha value is -0.0800. The number of nitrogens with one attached hydrogen (secondary N) is 2. The number of rotatable bonds is 2. The molecule has 2 nitrogen and oxygen atoms in total. The molecule has 2 atom stereocenters. The van der Waals surface area contributed by atoms with Gasteiger partial charge in [-0.1, -0.05) is 20.3 Å². The van der Waals surface area contributed by atoms with Crippen molar-refractivity contribution in [3.63, 3.8) is 0 Å². The smallest absolute Gasteiger partial charge is 0.0121 e. The van der Waals surface area contributed by atoms with E-state index in [1.165, 1.54) is 51.6 Å². The quantitative estimate of drug-likeness (QED) is 0.731. The molecule has 0 amide bonds. The predicted octanol–water partition coefficient (Wildman–Crippen LogP) is 2.30. The third-order valence-corrected chi connectivity index (χ3v) is 4.27. The van der Waals surface area contributed by atoms with Crippen molar-refractivity contribution >= 4 is 0 Å². The summed E-state index contributed by atoms with van der Waals surface area (Å²) >= 11 is 0. The first kappa shape index (κ1) is 11.4. The molecule has 1 saturated carbocycles. The van der Waals surface area contributed by atoms with Crippen molar-refractivity contribution in [2.24, 2.45) is 5.41 Å². The number of hydrogen-bond donors (Lipinski definition) is 2. The second-order valence-corrected chi connectivity index (χ2v) is 5.98. The van der Waals surface area contributed by atoms with Crippen molar-refractivity contribution in [1.29, 1.82) is 0 Å². The Morgan fingerprint density at radius 1 is 1.07 bits per heavy atom. The van der Waals surface area contributed by atoms with E-state index >= 15 is 0 Å². The van der Waals surface area contributed by atoms with Crippen LogP contribution in [0.5, 0.6) is 0 Å². The molecule has 2 unspecified atom stereocenters. The SMILES string of the molecule is CC1(C)CCCC1NC1CCCNCC1. The van der Waals surface area contributed by atoms with E-state index in [4.69, 9.17) is 0 Å². The van der Waals surface area contributed by atoms with E-state index in [0.29, 0.717) is 5.41 Å². The minimum Gasteiger partial charge on any atom is -0.317 e. The van der Waals surface area contributed by atoms with Gasteiger partial charge in [-0.05, 0) is 50.6 Å². The standard InChI is InChI=1S/C13H26N2/c1-13(2)8-3-6-12(13)15-11-5-4-9-14-10-7-11/h11-12,14-15H,3-10H2,1-2H3. The van der Waals surface area contributed by atoms with Crippen LogP contribution in [0.15, 0.2) is 0 Å². The molecule has 1 saturated heterocycles. The van der Waals surface area contributed by atoms with Gasteiger partial charge < -0.3 is 10.6 Å². The fraction of sp³-hybridized carbons (Fsp3) is 1.00. The average molecular weight is 210 g/mol. The highest BCUT2D eigenvalue weighted by Crippen LogP contribution is 2.37. The van der Waals surface area contributed by atoms with Crippen LogP contribution in [-0.4, -0.2) is 25.2 Å². The van der Waals surface area contributed by atoms with Crippen LogP contribution in [0.1, 0.15) is 52.4 Å². The van der Waals surface area contributed by atoms with Crippen molar-refractivity contribution in [1.82, 2.24) is 10.6 Å². The summed E-state index contributed by atoms with van der Waals surface area (Å²) in [6.07, 6.45) is 8.21. The van der Waals surface area contributed by atoms with Gasteiger partial charge in [0, 0.05) is 12.1 Å². The van der Waals surface area contributed by atoms with Crippen LogP contribution in [0.3, 0.4) is 0 Å². The van der Waals surface area contributed by atoms with Crippen molar-refractivity contribution < 1.29 is 0 Å². The van der Waals surface area contributed by atoms with Gasteiger partial charge in [-0.2, -0.15) is 0 Å². The maximum atomic E-state index is 3.91. The van der Waals surface area contributed by atoms with E-state index in [1.54, 1.807) is 0 Å². The zero-order valence-corrected chi connectivity index (χ0v) is 10.3. The largest absolute Gasteiger partial charge is 0.317 e. The van der Waals surface area contributed by atoms with Crippen LogP contribution in [0.4, 0.5) is 0 Å². The Morgan fingerprint density at radius 3 is 2.67 bits per heavy atom. The van der Waals surface area contributed by atoms with E-state index in [1.807, 2.05) is 0 Å². The van der Waals surface area contributed by atoms with Gasteiger partial charge in [0.05, 0.1) is 0 Å². The van der Waals surface area contributed by atoms with Crippen molar-refractivity contribution in [2.45, 2.75) is 64.5 Å². The maximum absolute atomic E-state index is 3.91. The molecule has 1 aliphatic carbocycles. The summed E-state index contributed by atoms with van der Waals surface area (Å²) in [7, 11) is 0. The van der Waals surface area contributed by atoms with Gasteiger partial charge in [-0.15, -0.1) is 0 Å². The highest BCUT2D eigenvalue weighted by molar-refractivity contribution is 4.92. The van der Waals surface area contributed by atoms with Gasteiger partial charge >= 0.3 is 0 Å². The van der Waals surface area contributed by atoms with Gasteiger partial charge in [-0.25, -0.2) is 0 Å². The maximum Gasteiger partial charge on any atom is 0.0121 e. The fourth-order valence-corrected chi connectivity index (χ4v) is 3.11. The molecule has 0 aromatic carbocycles. The van der Waals surface area contributed by atoms with E-state index in [-0.39, 0.29) is 0 Å². The second kappa shape index (κ2) is 4.84. The van der Waals surface area contributed by atoms with Crippen LogP contribution in [-0.2, 0) is 0 Å². The molecule has 2 heteroatoms. The molecule has 2 rings (SSSR count). The zero-order chi connectivity index (χ0) is 10.7. The topological polar surface area (TPSA) is 24.1 Å². The molecule has 2 fully saturated rings. The van der Waals surface area contributed by atoms with Crippen molar-refractivity contribution in [3.05, 3.63) is 0 Å². The molecule has 0 aromatic rings. The molecule has 15 heavy (non-hydrogen) atoms. The third kappa shape index (κ3) is 2.94. The minimum absolute atomic E-state index is 0.528. The molecule has 1 aliphatic heterocycles. The Kier molecular flexibility index (Phi) is 3.68. The molecule has 0 aromatic heterocycles. The first-order chi connectivity index (χ1) is 7.18. The fourth-order valence-electron chi connectivity index (χ4n) is 3.11. The second-order valence-electron chi connectivity index (χ2n) is 5.98. The summed E-state index contributed by atoms with van der Waals surface area (Å²) < 4.78 is 0. The molecule has 0 radical (unpaired) electrons. The Morgan fingerprint density at radius 2 is 1.93 bits per heavy atom. The van der Waals surface area contributed by atoms with Crippen LogP contribution in [0, 0.1) is 5.41 Å². The lowest BCUT2D eigenvalue weighted by Crippen LogP contribution is -2.44. The highest BCUT2D eigenvalue weighted by atomic mass is 15.0. The molecule has 0 bridgehead atoms. The Balaban J connectivity index is 1.84. The normalized spacial score (nSPS) is 36.4. The first-order valence-corrected chi connectivity index (χ1v) is 6.65. The summed E-state index contributed by atoms with van der Waals surface area (Å²) in [4.78, 5) is 0. The molecule has 88 valence electrons.